The fraction of sp³-hybridized carbons (Fsp3) is 0.462. The standard InChI is InChI=1S/C13H20N2O/c1-9-6-5-7-11(10(9)2)12(16)15-8-13(3,4)14/h5-7H,8,14H2,1-4H3,(H,15,16). The third-order valence-electron chi connectivity index (χ3n) is 2.55. The highest BCUT2D eigenvalue weighted by atomic mass is 16.1. The Balaban J connectivity index is 2.78. The third-order valence-corrected chi connectivity index (χ3v) is 2.55. The van der Waals surface area contributed by atoms with E-state index in [9.17, 15) is 4.79 Å². The van der Waals surface area contributed by atoms with E-state index in [1.54, 1.807) is 0 Å². The third kappa shape index (κ3) is 3.35. The molecule has 88 valence electrons. The Labute approximate surface area is 97.0 Å². The minimum Gasteiger partial charge on any atom is -0.350 e. The van der Waals surface area contributed by atoms with Crippen LogP contribution in [-0.2, 0) is 0 Å². The number of rotatable bonds is 3. The second-order valence-electron chi connectivity index (χ2n) is 4.92. The number of aryl methyl sites for hydroxylation is 1. The topological polar surface area (TPSA) is 55.1 Å². The molecule has 16 heavy (non-hydrogen) atoms. The minimum absolute atomic E-state index is 0.0558. The maximum absolute atomic E-state index is 11.9. The van der Waals surface area contributed by atoms with Gasteiger partial charge in [-0.05, 0) is 44.9 Å². The van der Waals surface area contributed by atoms with Crippen molar-refractivity contribution in [2.45, 2.75) is 33.2 Å². The lowest BCUT2D eigenvalue weighted by molar-refractivity contribution is 0.0945. The average molecular weight is 220 g/mol. The first-order valence-electron chi connectivity index (χ1n) is 5.44. The average Bonchev–Trinajstić information content (AvgIpc) is 2.17. The highest BCUT2D eigenvalue weighted by Crippen LogP contribution is 2.12. The summed E-state index contributed by atoms with van der Waals surface area (Å²) in [6.07, 6.45) is 0. The van der Waals surface area contributed by atoms with Crippen molar-refractivity contribution < 1.29 is 4.79 Å². The molecular weight excluding hydrogens is 200 g/mol. The summed E-state index contributed by atoms with van der Waals surface area (Å²) in [5.41, 5.74) is 8.31. The second kappa shape index (κ2) is 4.66. The van der Waals surface area contributed by atoms with Gasteiger partial charge < -0.3 is 11.1 Å². The van der Waals surface area contributed by atoms with Crippen molar-refractivity contribution in [3.05, 3.63) is 34.9 Å². The van der Waals surface area contributed by atoms with Gasteiger partial charge in [-0.2, -0.15) is 0 Å². The zero-order valence-electron chi connectivity index (χ0n) is 10.4. The van der Waals surface area contributed by atoms with Crippen molar-refractivity contribution >= 4 is 5.91 Å². The Bertz CT molecular complexity index is 391. The van der Waals surface area contributed by atoms with Crippen LogP contribution in [-0.4, -0.2) is 18.0 Å². The molecule has 0 saturated heterocycles. The summed E-state index contributed by atoms with van der Waals surface area (Å²) in [6.45, 7) is 8.20. The van der Waals surface area contributed by atoms with Gasteiger partial charge in [-0.1, -0.05) is 12.1 Å². The molecule has 0 radical (unpaired) electrons. The van der Waals surface area contributed by atoms with Gasteiger partial charge in [0, 0.05) is 17.6 Å². The quantitative estimate of drug-likeness (QED) is 0.815. The van der Waals surface area contributed by atoms with Crippen molar-refractivity contribution in [2.75, 3.05) is 6.54 Å². The van der Waals surface area contributed by atoms with Crippen LogP contribution in [0.5, 0.6) is 0 Å². The van der Waals surface area contributed by atoms with Crippen molar-refractivity contribution in [3.63, 3.8) is 0 Å². The summed E-state index contributed by atoms with van der Waals surface area (Å²) in [6, 6.07) is 5.73. The smallest absolute Gasteiger partial charge is 0.251 e. The molecular formula is C13H20N2O. The molecule has 0 aromatic heterocycles. The van der Waals surface area contributed by atoms with Gasteiger partial charge in [0.15, 0.2) is 0 Å². The van der Waals surface area contributed by atoms with Crippen LogP contribution in [0, 0.1) is 13.8 Å². The number of amides is 1. The van der Waals surface area contributed by atoms with Crippen LogP contribution in [0.2, 0.25) is 0 Å². The Hall–Kier alpha value is -1.35. The van der Waals surface area contributed by atoms with Crippen LogP contribution in [0.4, 0.5) is 0 Å². The van der Waals surface area contributed by atoms with E-state index in [0.717, 1.165) is 16.7 Å². The largest absolute Gasteiger partial charge is 0.350 e. The molecule has 1 rings (SSSR count). The lowest BCUT2D eigenvalue weighted by atomic mass is 10.0. The first-order chi connectivity index (χ1) is 7.31. The number of benzene rings is 1. The summed E-state index contributed by atoms with van der Waals surface area (Å²) in [5, 5.41) is 2.84. The summed E-state index contributed by atoms with van der Waals surface area (Å²) in [7, 11) is 0. The van der Waals surface area contributed by atoms with Crippen LogP contribution >= 0.6 is 0 Å². The predicted octanol–water partition coefficient (Wildman–Crippen LogP) is 1.77. The summed E-state index contributed by atoms with van der Waals surface area (Å²) in [4.78, 5) is 11.9. The van der Waals surface area contributed by atoms with Gasteiger partial charge in [0.2, 0.25) is 0 Å². The van der Waals surface area contributed by atoms with Crippen LogP contribution in [0.3, 0.4) is 0 Å². The van der Waals surface area contributed by atoms with Gasteiger partial charge in [0.25, 0.3) is 5.91 Å². The van der Waals surface area contributed by atoms with Crippen LogP contribution in [0.15, 0.2) is 18.2 Å². The van der Waals surface area contributed by atoms with E-state index in [1.165, 1.54) is 0 Å². The number of nitrogens with two attached hydrogens (primary N) is 1. The first kappa shape index (κ1) is 12.7. The second-order valence-corrected chi connectivity index (χ2v) is 4.92. The van der Waals surface area contributed by atoms with E-state index in [0.29, 0.717) is 6.54 Å². The molecule has 0 unspecified atom stereocenters. The van der Waals surface area contributed by atoms with Crippen LogP contribution < -0.4 is 11.1 Å². The number of carbonyl (C=O) groups is 1. The molecule has 0 fully saturated rings. The van der Waals surface area contributed by atoms with Crippen LogP contribution in [0.25, 0.3) is 0 Å². The van der Waals surface area contributed by atoms with Gasteiger partial charge in [0.05, 0.1) is 0 Å². The molecule has 0 atom stereocenters. The molecule has 3 N–H and O–H groups in total. The number of hydrogen-bond acceptors (Lipinski definition) is 2. The normalized spacial score (nSPS) is 11.3. The molecule has 3 nitrogen and oxygen atoms in total. The van der Waals surface area contributed by atoms with Crippen molar-refractivity contribution in [2.24, 2.45) is 5.73 Å². The summed E-state index contributed by atoms with van der Waals surface area (Å²) in [5.74, 6) is -0.0558. The molecule has 0 bridgehead atoms. The maximum Gasteiger partial charge on any atom is 0.251 e. The lowest BCUT2D eigenvalue weighted by Crippen LogP contribution is -2.45. The van der Waals surface area contributed by atoms with Crippen molar-refractivity contribution in [1.29, 1.82) is 0 Å². The van der Waals surface area contributed by atoms with Gasteiger partial charge in [-0.25, -0.2) is 0 Å². The highest BCUT2D eigenvalue weighted by molar-refractivity contribution is 5.95. The Morgan fingerprint density at radius 3 is 2.56 bits per heavy atom. The molecule has 0 aliphatic rings. The monoisotopic (exact) mass is 220 g/mol. The number of carbonyl (C=O) groups excluding carboxylic acids is 1. The molecule has 0 aliphatic carbocycles. The highest BCUT2D eigenvalue weighted by Gasteiger charge is 2.14. The van der Waals surface area contributed by atoms with E-state index >= 15 is 0 Å². The number of hydrogen-bond donors (Lipinski definition) is 2. The maximum atomic E-state index is 11.9. The van der Waals surface area contributed by atoms with Crippen LogP contribution in [0.1, 0.15) is 35.3 Å². The predicted molar refractivity (Wildman–Crippen MR) is 66.5 cm³/mol. The van der Waals surface area contributed by atoms with Gasteiger partial charge >= 0.3 is 0 Å². The molecule has 0 aliphatic heterocycles. The zero-order chi connectivity index (χ0) is 12.3. The zero-order valence-corrected chi connectivity index (χ0v) is 10.4. The SMILES string of the molecule is Cc1cccc(C(=O)NCC(C)(C)N)c1C. The Morgan fingerprint density at radius 2 is 2.00 bits per heavy atom. The summed E-state index contributed by atoms with van der Waals surface area (Å²) >= 11 is 0. The Morgan fingerprint density at radius 1 is 1.38 bits per heavy atom. The lowest BCUT2D eigenvalue weighted by Gasteiger charge is -2.19. The number of nitrogens with one attached hydrogen (secondary N) is 1. The van der Waals surface area contributed by atoms with Gasteiger partial charge in [-0.3, -0.25) is 4.79 Å². The fourth-order valence-electron chi connectivity index (χ4n) is 1.40. The molecule has 3 heteroatoms. The first-order valence-corrected chi connectivity index (χ1v) is 5.44. The van der Waals surface area contributed by atoms with Crippen molar-refractivity contribution in [1.82, 2.24) is 5.32 Å². The minimum atomic E-state index is -0.382. The van der Waals surface area contributed by atoms with E-state index < -0.39 is 0 Å². The molecule has 0 heterocycles. The fourth-order valence-corrected chi connectivity index (χ4v) is 1.40. The molecule has 1 aromatic carbocycles. The molecule has 1 amide bonds. The van der Waals surface area contributed by atoms with E-state index in [4.69, 9.17) is 5.73 Å². The van der Waals surface area contributed by atoms with E-state index in [2.05, 4.69) is 5.32 Å². The summed E-state index contributed by atoms with van der Waals surface area (Å²) < 4.78 is 0. The van der Waals surface area contributed by atoms with Crippen molar-refractivity contribution in [3.8, 4) is 0 Å². The van der Waals surface area contributed by atoms with Gasteiger partial charge in [0.1, 0.15) is 0 Å². The molecule has 1 aromatic rings. The van der Waals surface area contributed by atoms with E-state index in [1.807, 2.05) is 45.9 Å². The Kier molecular flexibility index (Phi) is 3.70. The molecule has 0 saturated carbocycles. The van der Waals surface area contributed by atoms with Gasteiger partial charge in [-0.15, -0.1) is 0 Å². The molecule has 0 spiro atoms. The van der Waals surface area contributed by atoms with E-state index in [-0.39, 0.29) is 11.4 Å².